The highest BCUT2D eigenvalue weighted by Crippen LogP contribution is 2.27. The topological polar surface area (TPSA) is 41.6 Å². The van der Waals surface area contributed by atoms with Crippen molar-refractivity contribution in [3.63, 3.8) is 0 Å². The number of carbonyl (C=O) groups is 1. The highest BCUT2D eigenvalue weighted by molar-refractivity contribution is 5.76. The molecule has 1 amide bonds. The summed E-state index contributed by atoms with van der Waals surface area (Å²) in [5, 5.41) is 2.34. The Morgan fingerprint density at radius 1 is 1.42 bits per heavy atom. The SMILES string of the molecule is O=C1CCN(CC2CCCOC2)C(C(F)(F)F)CN1. The lowest BCUT2D eigenvalue weighted by Gasteiger charge is -2.34. The van der Waals surface area contributed by atoms with E-state index in [-0.39, 0.29) is 31.3 Å². The fourth-order valence-electron chi connectivity index (χ4n) is 2.65. The van der Waals surface area contributed by atoms with Crippen LogP contribution in [0.15, 0.2) is 0 Å². The summed E-state index contributed by atoms with van der Waals surface area (Å²) in [7, 11) is 0. The van der Waals surface area contributed by atoms with Gasteiger partial charge in [-0.1, -0.05) is 0 Å². The molecular weight excluding hydrogens is 261 g/mol. The molecule has 2 saturated heterocycles. The van der Waals surface area contributed by atoms with Crippen LogP contribution >= 0.6 is 0 Å². The summed E-state index contributed by atoms with van der Waals surface area (Å²) in [5.74, 6) is -0.177. The predicted octanol–water partition coefficient (Wildman–Crippen LogP) is 1.17. The zero-order valence-electron chi connectivity index (χ0n) is 10.7. The molecule has 110 valence electrons. The van der Waals surface area contributed by atoms with E-state index in [0.29, 0.717) is 19.8 Å². The predicted molar refractivity (Wildman–Crippen MR) is 62.6 cm³/mol. The van der Waals surface area contributed by atoms with Gasteiger partial charge in [0.05, 0.1) is 6.61 Å². The van der Waals surface area contributed by atoms with E-state index in [4.69, 9.17) is 4.74 Å². The zero-order chi connectivity index (χ0) is 13.9. The molecule has 4 nitrogen and oxygen atoms in total. The molecule has 2 heterocycles. The third-order valence-electron chi connectivity index (χ3n) is 3.68. The molecule has 1 N–H and O–H groups in total. The van der Waals surface area contributed by atoms with Crippen molar-refractivity contribution < 1.29 is 22.7 Å². The molecule has 7 heteroatoms. The Hall–Kier alpha value is -0.820. The first-order chi connectivity index (χ1) is 8.97. The van der Waals surface area contributed by atoms with E-state index in [1.165, 1.54) is 4.90 Å². The fraction of sp³-hybridized carbons (Fsp3) is 0.917. The van der Waals surface area contributed by atoms with E-state index in [0.717, 1.165) is 12.8 Å². The summed E-state index contributed by atoms with van der Waals surface area (Å²) in [5.41, 5.74) is 0. The van der Waals surface area contributed by atoms with Crippen LogP contribution in [0.4, 0.5) is 13.2 Å². The number of ether oxygens (including phenoxy) is 1. The minimum atomic E-state index is -4.31. The van der Waals surface area contributed by atoms with Crippen molar-refractivity contribution >= 4 is 5.91 Å². The monoisotopic (exact) mass is 280 g/mol. The van der Waals surface area contributed by atoms with Gasteiger partial charge in [-0.15, -0.1) is 0 Å². The molecule has 0 bridgehead atoms. The summed E-state index contributed by atoms with van der Waals surface area (Å²) in [6, 6.07) is -1.58. The number of hydrogen-bond acceptors (Lipinski definition) is 3. The first-order valence-electron chi connectivity index (χ1n) is 6.62. The van der Waals surface area contributed by atoms with Crippen LogP contribution in [-0.4, -0.2) is 55.9 Å². The minimum absolute atomic E-state index is 0.125. The van der Waals surface area contributed by atoms with Crippen molar-refractivity contribution in [2.75, 3.05) is 32.8 Å². The van der Waals surface area contributed by atoms with E-state index in [1.807, 2.05) is 0 Å². The Balaban J connectivity index is 2.01. The molecule has 2 unspecified atom stereocenters. The van der Waals surface area contributed by atoms with Crippen molar-refractivity contribution in [2.24, 2.45) is 5.92 Å². The largest absolute Gasteiger partial charge is 0.405 e. The Morgan fingerprint density at radius 3 is 2.84 bits per heavy atom. The Labute approximate surface area is 110 Å². The molecule has 2 fully saturated rings. The lowest BCUT2D eigenvalue weighted by atomic mass is 10.0. The Morgan fingerprint density at radius 2 is 2.21 bits per heavy atom. The number of nitrogens with zero attached hydrogens (tertiary/aromatic N) is 1. The summed E-state index contributed by atoms with van der Waals surface area (Å²) >= 11 is 0. The number of hydrogen-bond donors (Lipinski definition) is 1. The molecule has 0 radical (unpaired) electrons. The fourth-order valence-corrected chi connectivity index (χ4v) is 2.65. The maximum absolute atomic E-state index is 13.0. The molecule has 19 heavy (non-hydrogen) atoms. The van der Waals surface area contributed by atoms with Gasteiger partial charge in [-0.25, -0.2) is 0 Å². The van der Waals surface area contributed by atoms with Gasteiger partial charge in [-0.05, 0) is 18.8 Å². The highest BCUT2D eigenvalue weighted by Gasteiger charge is 2.45. The summed E-state index contributed by atoms with van der Waals surface area (Å²) in [6.45, 7) is 1.36. The smallest absolute Gasteiger partial charge is 0.381 e. The van der Waals surface area contributed by atoms with Gasteiger partial charge in [-0.3, -0.25) is 9.69 Å². The van der Waals surface area contributed by atoms with Crippen LogP contribution in [0.5, 0.6) is 0 Å². The van der Waals surface area contributed by atoms with Gasteiger partial charge in [0.15, 0.2) is 0 Å². The number of amides is 1. The average molecular weight is 280 g/mol. The molecule has 0 aromatic heterocycles. The quantitative estimate of drug-likeness (QED) is 0.825. The van der Waals surface area contributed by atoms with Crippen molar-refractivity contribution in [3.8, 4) is 0 Å². The first kappa shape index (κ1) is 14.6. The van der Waals surface area contributed by atoms with E-state index < -0.39 is 12.2 Å². The van der Waals surface area contributed by atoms with Crippen LogP contribution < -0.4 is 5.32 Å². The van der Waals surface area contributed by atoms with E-state index in [9.17, 15) is 18.0 Å². The van der Waals surface area contributed by atoms with E-state index in [2.05, 4.69) is 5.32 Å². The van der Waals surface area contributed by atoms with Gasteiger partial charge >= 0.3 is 6.18 Å². The third-order valence-corrected chi connectivity index (χ3v) is 3.68. The Bertz CT molecular complexity index is 317. The van der Waals surface area contributed by atoms with Crippen molar-refractivity contribution in [1.29, 1.82) is 0 Å². The van der Waals surface area contributed by atoms with E-state index >= 15 is 0 Å². The summed E-state index contributed by atoms with van der Waals surface area (Å²) in [6.07, 6.45) is -2.40. The van der Waals surface area contributed by atoms with Crippen LogP contribution in [-0.2, 0) is 9.53 Å². The molecule has 0 aromatic carbocycles. The molecule has 0 aliphatic carbocycles. The highest BCUT2D eigenvalue weighted by atomic mass is 19.4. The Kier molecular flexibility index (Phi) is 4.67. The number of nitrogens with one attached hydrogen (secondary N) is 1. The van der Waals surface area contributed by atoms with Gasteiger partial charge in [0.25, 0.3) is 0 Å². The lowest BCUT2D eigenvalue weighted by molar-refractivity contribution is -0.183. The number of rotatable bonds is 2. The van der Waals surface area contributed by atoms with Gasteiger partial charge in [-0.2, -0.15) is 13.2 Å². The second-order valence-corrected chi connectivity index (χ2v) is 5.19. The maximum Gasteiger partial charge on any atom is 0.405 e. The molecule has 2 aliphatic rings. The molecule has 0 spiro atoms. The molecule has 2 atom stereocenters. The first-order valence-corrected chi connectivity index (χ1v) is 6.62. The van der Waals surface area contributed by atoms with Crippen LogP contribution in [0.3, 0.4) is 0 Å². The van der Waals surface area contributed by atoms with Crippen LogP contribution in [0.25, 0.3) is 0 Å². The van der Waals surface area contributed by atoms with Gasteiger partial charge in [0.1, 0.15) is 6.04 Å². The van der Waals surface area contributed by atoms with Gasteiger partial charge in [0, 0.05) is 32.7 Å². The molecule has 2 rings (SSSR count). The zero-order valence-corrected chi connectivity index (χ0v) is 10.7. The van der Waals surface area contributed by atoms with Crippen LogP contribution in [0, 0.1) is 5.92 Å². The second kappa shape index (κ2) is 6.09. The van der Waals surface area contributed by atoms with Crippen molar-refractivity contribution in [3.05, 3.63) is 0 Å². The number of carbonyl (C=O) groups excluding carboxylic acids is 1. The maximum atomic E-state index is 13.0. The number of alkyl halides is 3. The number of halogens is 3. The third kappa shape index (κ3) is 4.07. The lowest BCUT2D eigenvalue weighted by Crippen LogP contribution is -2.51. The van der Waals surface area contributed by atoms with Crippen molar-refractivity contribution in [1.82, 2.24) is 10.2 Å². The molecule has 2 aliphatic heterocycles. The van der Waals surface area contributed by atoms with Gasteiger partial charge < -0.3 is 10.1 Å². The standard InChI is InChI=1S/C12H19F3N2O2/c13-12(14,15)10-6-16-11(18)3-4-17(10)7-9-2-1-5-19-8-9/h9-10H,1-8H2,(H,16,18). The molecular formula is C12H19F3N2O2. The van der Waals surface area contributed by atoms with Crippen molar-refractivity contribution in [2.45, 2.75) is 31.5 Å². The normalized spacial score (nSPS) is 30.8. The van der Waals surface area contributed by atoms with Crippen LogP contribution in [0.2, 0.25) is 0 Å². The van der Waals surface area contributed by atoms with Crippen LogP contribution in [0.1, 0.15) is 19.3 Å². The summed E-state index contributed by atoms with van der Waals surface area (Å²) < 4.78 is 44.4. The summed E-state index contributed by atoms with van der Waals surface area (Å²) in [4.78, 5) is 12.6. The van der Waals surface area contributed by atoms with Gasteiger partial charge in [0.2, 0.25) is 5.91 Å². The minimum Gasteiger partial charge on any atom is -0.381 e. The van der Waals surface area contributed by atoms with E-state index in [1.54, 1.807) is 0 Å². The average Bonchev–Trinajstić information content (AvgIpc) is 2.53. The molecule has 0 aromatic rings. The second-order valence-electron chi connectivity index (χ2n) is 5.19. The molecule has 0 saturated carbocycles.